The van der Waals surface area contributed by atoms with Gasteiger partial charge in [0.05, 0.1) is 0 Å². The van der Waals surface area contributed by atoms with Crippen LogP contribution in [0.2, 0.25) is 0 Å². The van der Waals surface area contributed by atoms with E-state index in [1.807, 2.05) is 12.3 Å². The van der Waals surface area contributed by atoms with Crippen molar-refractivity contribution in [2.45, 2.75) is 19.8 Å². The van der Waals surface area contributed by atoms with Crippen molar-refractivity contribution in [3.8, 4) is 0 Å². The lowest BCUT2D eigenvalue weighted by atomic mass is 10.2. The molecule has 0 saturated carbocycles. The molecule has 0 spiro atoms. The lowest BCUT2D eigenvalue weighted by molar-refractivity contribution is 0.923. The second-order valence-corrected chi connectivity index (χ2v) is 2.21. The molecule has 0 radical (unpaired) electrons. The van der Waals surface area contributed by atoms with Crippen molar-refractivity contribution in [3.63, 3.8) is 0 Å². The third-order valence-corrected chi connectivity index (χ3v) is 1.30. The lowest BCUT2D eigenvalue weighted by Gasteiger charge is -1.86. The molecule has 0 aliphatic rings. The molecule has 0 amide bonds. The molecule has 0 unspecified atom stereocenters. The Kier molecular flexibility index (Phi) is 1.78. The van der Waals surface area contributed by atoms with Crippen LogP contribution in [-0.2, 0) is 6.42 Å². The quantitative estimate of drug-likeness (QED) is 0.617. The van der Waals surface area contributed by atoms with Crippen molar-refractivity contribution >= 4 is 5.82 Å². The highest BCUT2D eigenvalue weighted by Crippen LogP contribution is 2.05. The monoisotopic (exact) mass is 124 g/mol. The second kappa shape index (κ2) is 2.58. The number of rotatable bonds is 2. The molecular formula is C7H12N2. The van der Waals surface area contributed by atoms with Gasteiger partial charge in [0.2, 0.25) is 0 Å². The first-order chi connectivity index (χ1) is 4.33. The number of anilines is 1. The van der Waals surface area contributed by atoms with Crippen molar-refractivity contribution < 1.29 is 0 Å². The topological polar surface area (TPSA) is 41.8 Å². The molecule has 0 atom stereocenters. The number of hydrogen-bond donors (Lipinski definition) is 2. The molecule has 1 aromatic rings. The molecule has 3 N–H and O–H groups in total. The van der Waals surface area contributed by atoms with E-state index in [1.54, 1.807) is 0 Å². The number of nitrogens with one attached hydrogen (secondary N) is 1. The zero-order valence-corrected chi connectivity index (χ0v) is 5.65. The number of nitrogens with two attached hydrogens (primary N) is 1. The summed E-state index contributed by atoms with van der Waals surface area (Å²) in [6.45, 7) is 2.16. The second-order valence-electron chi connectivity index (χ2n) is 2.21. The fourth-order valence-electron chi connectivity index (χ4n) is 0.892. The van der Waals surface area contributed by atoms with Crippen molar-refractivity contribution in [2.75, 3.05) is 5.73 Å². The Hall–Kier alpha value is -0.920. The van der Waals surface area contributed by atoms with E-state index in [9.17, 15) is 0 Å². The molecule has 2 heteroatoms. The van der Waals surface area contributed by atoms with Crippen LogP contribution in [0.3, 0.4) is 0 Å². The van der Waals surface area contributed by atoms with Gasteiger partial charge in [-0.2, -0.15) is 0 Å². The number of aryl methyl sites for hydroxylation is 1. The van der Waals surface area contributed by atoms with Gasteiger partial charge in [-0.05, 0) is 18.1 Å². The van der Waals surface area contributed by atoms with E-state index < -0.39 is 0 Å². The van der Waals surface area contributed by atoms with Gasteiger partial charge >= 0.3 is 0 Å². The van der Waals surface area contributed by atoms with Gasteiger partial charge in [0.15, 0.2) is 0 Å². The van der Waals surface area contributed by atoms with Gasteiger partial charge in [-0.15, -0.1) is 0 Å². The first kappa shape index (κ1) is 6.20. The van der Waals surface area contributed by atoms with E-state index in [4.69, 9.17) is 5.73 Å². The van der Waals surface area contributed by atoms with Crippen LogP contribution in [0.15, 0.2) is 12.3 Å². The Morgan fingerprint density at radius 3 is 2.89 bits per heavy atom. The maximum atomic E-state index is 5.45. The Morgan fingerprint density at radius 1 is 1.67 bits per heavy atom. The summed E-state index contributed by atoms with van der Waals surface area (Å²) >= 11 is 0. The summed E-state index contributed by atoms with van der Waals surface area (Å²) in [7, 11) is 0. The number of nitrogen functional groups attached to an aromatic ring is 1. The normalized spacial score (nSPS) is 9.89. The minimum absolute atomic E-state index is 0.762. The summed E-state index contributed by atoms with van der Waals surface area (Å²) < 4.78 is 0. The van der Waals surface area contributed by atoms with Crippen LogP contribution in [0.1, 0.15) is 18.9 Å². The number of H-pyrrole nitrogens is 1. The van der Waals surface area contributed by atoms with Gasteiger partial charge in [-0.3, -0.25) is 0 Å². The van der Waals surface area contributed by atoms with Crippen LogP contribution < -0.4 is 5.73 Å². The van der Waals surface area contributed by atoms with E-state index in [0.717, 1.165) is 12.2 Å². The van der Waals surface area contributed by atoms with Gasteiger partial charge in [0.25, 0.3) is 0 Å². The third-order valence-electron chi connectivity index (χ3n) is 1.30. The van der Waals surface area contributed by atoms with Crippen LogP contribution in [-0.4, -0.2) is 4.98 Å². The van der Waals surface area contributed by atoms with Gasteiger partial charge in [0.1, 0.15) is 5.82 Å². The van der Waals surface area contributed by atoms with E-state index in [1.165, 1.54) is 12.0 Å². The zero-order chi connectivity index (χ0) is 6.69. The zero-order valence-electron chi connectivity index (χ0n) is 5.65. The third kappa shape index (κ3) is 1.49. The average molecular weight is 124 g/mol. The summed E-state index contributed by atoms with van der Waals surface area (Å²) in [6.07, 6.45) is 4.25. The van der Waals surface area contributed by atoms with Crippen LogP contribution in [0.5, 0.6) is 0 Å². The molecule has 0 aliphatic heterocycles. The van der Waals surface area contributed by atoms with Gasteiger partial charge in [0, 0.05) is 6.20 Å². The molecule has 0 bridgehead atoms. The highest BCUT2D eigenvalue weighted by Gasteiger charge is 1.91. The highest BCUT2D eigenvalue weighted by atomic mass is 14.8. The predicted molar refractivity (Wildman–Crippen MR) is 39.2 cm³/mol. The maximum Gasteiger partial charge on any atom is 0.100 e. The highest BCUT2D eigenvalue weighted by molar-refractivity contribution is 5.33. The lowest BCUT2D eigenvalue weighted by Crippen LogP contribution is -1.80. The van der Waals surface area contributed by atoms with Crippen LogP contribution in [0, 0.1) is 0 Å². The SMILES string of the molecule is CCCc1c[nH]c(N)c1. The van der Waals surface area contributed by atoms with Crippen LogP contribution in [0.25, 0.3) is 0 Å². The molecular weight excluding hydrogens is 112 g/mol. The van der Waals surface area contributed by atoms with Crippen molar-refractivity contribution in [1.82, 2.24) is 4.98 Å². The van der Waals surface area contributed by atoms with Gasteiger partial charge in [-0.1, -0.05) is 13.3 Å². The van der Waals surface area contributed by atoms with Crippen molar-refractivity contribution in [2.24, 2.45) is 0 Å². The molecule has 0 aliphatic carbocycles. The molecule has 1 aromatic heterocycles. The first-order valence-electron chi connectivity index (χ1n) is 3.25. The van der Waals surface area contributed by atoms with E-state index in [-0.39, 0.29) is 0 Å². The van der Waals surface area contributed by atoms with Crippen LogP contribution >= 0.6 is 0 Å². The summed E-state index contributed by atoms with van der Waals surface area (Å²) in [6, 6.07) is 1.98. The van der Waals surface area contributed by atoms with E-state index in [0.29, 0.717) is 0 Å². The molecule has 0 saturated heterocycles. The first-order valence-corrected chi connectivity index (χ1v) is 3.25. The Balaban J connectivity index is 2.61. The minimum Gasteiger partial charge on any atom is -0.385 e. The van der Waals surface area contributed by atoms with Gasteiger partial charge < -0.3 is 10.7 Å². The largest absolute Gasteiger partial charge is 0.385 e. The fourth-order valence-corrected chi connectivity index (χ4v) is 0.892. The summed E-state index contributed by atoms with van der Waals surface area (Å²) in [5.41, 5.74) is 6.75. The predicted octanol–water partition coefficient (Wildman–Crippen LogP) is 1.55. The molecule has 0 aromatic carbocycles. The van der Waals surface area contributed by atoms with Crippen molar-refractivity contribution in [1.29, 1.82) is 0 Å². The minimum atomic E-state index is 0.762. The number of aromatic amines is 1. The molecule has 50 valence electrons. The summed E-state index contributed by atoms with van der Waals surface area (Å²) in [5, 5.41) is 0. The van der Waals surface area contributed by atoms with E-state index in [2.05, 4.69) is 11.9 Å². The van der Waals surface area contributed by atoms with Crippen molar-refractivity contribution in [3.05, 3.63) is 17.8 Å². The average Bonchev–Trinajstić information content (AvgIpc) is 2.17. The molecule has 1 rings (SSSR count). The Bertz CT molecular complexity index is 179. The number of hydrogen-bond acceptors (Lipinski definition) is 1. The Morgan fingerprint density at radius 2 is 2.44 bits per heavy atom. The fraction of sp³-hybridized carbons (Fsp3) is 0.429. The smallest absolute Gasteiger partial charge is 0.100 e. The van der Waals surface area contributed by atoms with Gasteiger partial charge in [-0.25, -0.2) is 0 Å². The molecule has 1 heterocycles. The molecule has 0 fully saturated rings. The summed E-state index contributed by atoms with van der Waals surface area (Å²) in [5.74, 6) is 0.762. The molecule has 2 nitrogen and oxygen atoms in total. The maximum absolute atomic E-state index is 5.45. The standard InChI is InChI=1S/C7H12N2/c1-2-3-6-4-7(8)9-5-6/h4-5,9H,2-3,8H2,1H3. The van der Waals surface area contributed by atoms with E-state index >= 15 is 0 Å². The number of aromatic nitrogens is 1. The van der Waals surface area contributed by atoms with Crippen LogP contribution in [0.4, 0.5) is 5.82 Å². The summed E-state index contributed by atoms with van der Waals surface area (Å²) in [4.78, 5) is 2.93. The molecule has 9 heavy (non-hydrogen) atoms. The Labute approximate surface area is 55.1 Å².